The van der Waals surface area contributed by atoms with E-state index in [-0.39, 0.29) is 13.8 Å². The van der Waals surface area contributed by atoms with Gasteiger partial charge in [0.2, 0.25) is 0 Å². The molecule has 47 heavy (non-hydrogen) atoms. The summed E-state index contributed by atoms with van der Waals surface area (Å²) in [5.74, 6) is -29.5. The van der Waals surface area contributed by atoms with Crippen LogP contribution < -0.4 is 0 Å². The highest BCUT2D eigenvalue weighted by Gasteiger charge is 2.85. The molecule has 0 heterocycles. The molecule has 0 aliphatic carbocycles. The van der Waals surface area contributed by atoms with Gasteiger partial charge in [0, 0.05) is 10.8 Å². The molecule has 0 saturated heterocycles. The van der Waals surface area contributed by atoms with Gasteiger partial charge in [0.15, 0.2) is 0 Å². The molecular weight excluding hydrogens is 708 g/mol. The molecule has 0 aromatic carbocycles. The first kappa shape index (κ1) is 46.0. The average molecular weight is 749 g/mol. The Kier molecular flexibility index (Phi) is 13.0. The second-order valence-corrected chi connectivity index (χ2v) is 14.0. The zero-order valence-electron chi connectivity index (χ0n) is 26.8. The zero-order chi connectivity index (χ0) is 38.5. The standard InChI is InChI=1S/C26H40F15O5P/c1-10-14-19(8,23(34,35)26(40,41)47(42,43)44)46-24(36,25(37,38)39)22(32,33)18(7,13-4)45-21(31,15(27)28)17(6,12-3)16(5,11-2)20(9,29)30/h15H,10-14H2,1-9H3,(H2,42,43,44). The van der Waals surface area contributed by atoms with Gasteiger partial charge in [-0.15, -0.1) is 0 Å². The lowest BCUT2D eigenvalue weighted by molar-refractivity contribution is -0.479. The van der Waals surface area contributed by atoms with E-state index in [9.17, 15) is 44.1 Å². The van der Waals surface area contributed by atoms with E-state index in [0.717, 1.165) is 20.8 Å². The first-order valence-corrected chi connectivity index (χ1v) is 15.7. The van der Waals surface area contributed by atoms with Gasteiger partial charge in [0.1, 0.15) is 11.2 Å². The summed E-state index contributed by atoms with van der Waals surface area (Å²) >= 11 is 0. The summed E-state index contributed by atoms with van der Waals surface area (Å²) in [5.41, 5.74) is -22.4. The van der Waals surface area contributed by atoms with Crippen LogP contribution in [0.5, 0.6) is 0 Å². The number of rotatable bonds is 18. The van der Waals surface area contributed by atoms with Crippen molar-refractivity contribution in [3.63, 3.8) is 0 Å². The molecule has 0 radical (unpaired) electrons. The van der Waals surface area contributed by atoms with Crippen LogP contribution in [0.4, 0.5) is 65.9 Å². The Balaban J connectivity index is 7.95. The van der Waals surface area contributed by atoms with Gasteiger partial charge in [-0.25, -0.2) is 22.0 Å². The Morgan fingerprint density at radius 1 is 0.617 bits per heavy atom. The Labute approximate surface area is 262 Å². The number of hydrogen-bond acceptors (Lipinski definition) is 3. The molecule has 5 nitrogen and oxygen atoms in total. The third kappa shape index (κ3) is 6.76. The maximum absolute atomic E-state index is 16.6. The summed E-state index contributed by atoms with van der Waals surface area (Å²) in [4.78, 5) is 17.6. The molecule has 0 fully saturated rings. The van der Waals surface area contributed by atoms with Crippen LogP contribution >= 0.6 is 7.60 Å². The lowest BCUT2D eigenvalue weighted by Crippen LogP contribution is -2.74. The molecule has 6 atom stereocenters. The van der Waals surface area contributed by atoms with Gasteiger partial charge in [-0.2, -0.15) is 43.9 Å². The predicted octanol–water partition coefficient (Wildman–Crippen LogP) is 10.4. The van der Waals surface area contributed by atoms with Crippen molar-refractivity contribution in [1.29, 1.82) is 0 Å². The minimum Gasteiger partial charge on any atom is -0.328 e. The quantitative estimate of drug-likeness (QED) is 0.108. The molecular formula is C26H40F15O5P. The molecule has 0 aliphatic rings. The fourth-order valence-electron chi connectivity index (χ4n) is 5.48. The Bertz CT molecular complexity index is 1130. The molecule has 284 valence electrons. The number of halogens is 15. The number of ether oxygens (including phenoxy) is 2. The summed E-state index contributed by atoms with van der Waals surface area (Å²) in [5, 5.41) is 0. The maximum Gasteiger partial charge on any atom is 0.455 e. The average Bonchev–Trinajstić information content (AvgIpc) is 2.89. The van der Waals surface area contributed by atoms with Crippen LogP contribution in [0.2, 0.25) is 0 Å². The Morgan fingerprint density at radius 3 is 1.28 bits per heavy atom. The van der Waals surface area contributed by atoms with E-state index >= 15 is 26.3 Å². The van der Waals surface area contributed by atoms with Gasteiger partial charge in [0.25, 0.3) is 18.2 Å². The Hall–Kier alpha value is -0.980. The van der Waals surface area contributed by atoms with Crippen molar-refractivity contribution in [2.75, 3.05) is 0 Å². The third-order valence-electron chi connectivity index (χ3n) is 9.62. The lowest BCUT2D eigenvalue weighted by Gasteiger charge is -2.57. The van der Waals surface area contributed by atoms with E-state index in [4.69, 9.17) is 9.79 Å². The van der Waals surface area contributed by atoms with Gasteiger partial charge in [-0.05, 0) is 46.5 Å². The maximum atomic E-state index is 16.6. The molecule has 0 bridgehead atoms. The molecule has 0 aromatic rings. The van der Waals surface area contributed by atoms with Crippen LogP contribution in [0, 0.1) is 10.8 Å². The summed E-state index contributed by atoms with van der Waals surface area (Å²) in [6.07, 6.45) is -18.7. The summed E-state index contributed by atoms with van der Waals surface area (Å²) < 4.78 is 244. The van der Waals surface area contributed by atoms with Crippen molar-refractivity contribution < 1.29 is 89.7 Å². The predicted molar refractivity (Wildman–Crippen MR) is 138 cm³/mol. The van der Waals surface area contributed by atoms with Crippen LogP contribution in [0.15, 0.2) is 0 Å². The van der Waals surface area contributed by atoms with Gasteiger partial charge >= 0.3 is 37.1 Å². The number of alkyl halides is 15. The topological polar surface area (TPSA) is 76.0 Å². The second kappa shape index (κ2) is 13.3. The van der Waals surface area contributed by atoms with Crippen molar-refractivity contribution in [1.82, 2.24) is 0 Å². The molecule has 2 N–H and O–H groups in total. The van der Waals surface area contributed by atoms with Gasteiger partial charge < -0.3 is 19.3 Å². The molecule has 0 aromatic heterocycles. The molecule has 0 spiro atoms. The van der Waals surface area contributed by atoms with E-state index in [0.29, 0.717) is 20.8 Å². The fourth-order valence-corrected chi connectivity index (χ4v) is 6.08. The highest BCUT2D eigenvalue weighted by atomic mass is 31.2. The van der Waals surface area contributed by atoms with Crippen LogP contribution in [-0.2, 0) is 14.0 Å². The third-order valence-corrected chi connectivity index (χ3v) is 10.6. The highest BCUT2D eigenvalue weighted by molar-refractivity contribution is 7.53. The summed E-state index contributed by atoms with van der Waals surface area (Å²) in [6.45, 7) is 3.24. The molecule has 0 rings (SSSR count). The van der Waals surface area contributed by atoms with Crippen molar-refractivity contribution in [3.8, 4) is 0 Å². The highest BCUT2D eigenvalue weighted by Crippen LogP contribution is 2.67. The minimum absolute atomic E-state index is 0.149. The first-order chi connectivity index (χ1) is 20.4. The van der Waals surface area contributed by atoms with E-state index in [1.165, 1.54) is 0 Å². The molecule has 0 aliphatic heterocycles. The fraction of sp³-hybridized carbons (Fsp3) is 1.00. The van der Waals surface area contributed by atoms with Crippen molar-refractivity contribution in [3.05, 3.63) is 0 Å². The Morgan fingerprint density at radius 2 is 1.02 bits per heavy atom. The van der Waals surface area contributed by atoms with E-state index in [1.807, 2.05) is 0 Å². The molecule has 6 unspecified atom stereocenters. The minimum atomic E-state index is -7.36. The van der Waals surface area contributed by atoms with Crippen molar-refractivity contribution in [2.24, 2.45) is 10.8 Å². The van der Waals surface area contributed by atoms with Crippen LogP contribution in [0.1, 0.15) is 94.4 Å². The normalized spacial score (nSPS) is 22.4. The molecule has 0 amide bonds. The molecule has 21 heteroatoms. The van der Waals surface area contributed by atoms with Gasteiger partial charge in [-0.1, -0.05) is 48.0 Å². The van der Waals surface area contributed by atoms with E-state index in [2.05, 4.69) is 9.47 Å². The monoisotopic (exact) mass is 748 g/mol. The van der Waals surface area contributed by atoms with Gasteiger partial charge in [-0.3, -0.25) is 4.57 Å². The van der Waals surface area contributed by atoms with Crippen molar-refractivity contribution in [2.45, 2.75) is 153 Å². The van der Waals surface area contributed by atoms with E-state index < -0.39 is 116 Å². The summed E-state index contributed by atoms with van der Waals surface area (Å²) in [7, 11) is -7.36. The summed E-state index contributed by atoms with van der Waals surface area (Å²) in [6, 6.07) is 0. The van der Waals surface area contributed by atoms with Gasteiger partial charge in [0.05, 0.1) is 0 Å². The van der Waals surface area contributed by atoms with Crippen LogP contribution in [0.3, 0.4) is 0 Å². The van der Waals surface area contributed by atoms with Crippen LogP contribution in [-0.4, -0.2) is 68.7 Å². The zero-order valence-corrected chi connectivity index (χ0v) is 27.7. The largest absolute Gasteiger partial charge is 0.455 e. The second-order valence-electron chi connectivity index (χ2n) is 12.3. The van der Waals surface area contributed by atoms with E-state index in [1.54, 1.807) is 0 Å². The first-order valence-electron chi connectivity index (χ1n) is 14.0. The lowest BCUT2D eigenvalue weighted by atomic mass is 9.56. The SMILES string of the molecule is CCCC(C)(OC(F)(C(F)(F)F)C(F)(F)C(C)(CC)OC(F)(C(F)F)C(C)(CC)C(C)(CC)C(C)(F)F)C(F)(F)C(F)(F)P(=O)(O)O. The molecule has 0 saturated carbocycles. The number of hydrogen-bond donors (Lipinski definition) is 2. The smallest absolute Gasteiger partial charge is 0.328 e. The van der Waals surface area contributed by atoms with Crippen molar-refractivity contribution >= 4 is 7.60 Å². The van der Waals surface area contributed by atoms with Crippen LogP contribution in [0.25, 0.3) is 0 Å².